The second kappa shape index (κ2) is 6.80. The summed E-state index contributed by atoms with van der Waals surface area (Å²) in [5, 5.41) is 3.34. The molecule has 1 aliphatic carbocycles. The van der Waals surface area contributed by atoms with Gasteiger partial charge < -0.3 is 20.5 Å². The first-order chi connectivity index (χ1) is 13.7. The van der Waals surface area contributed by atoms with Gasteiger partial charge in [0.1, 0.15) is 29.7 Å². The van der Waals surface area contributed by atoms with Crippen molar-refractivity contribution in [1.29, 1.82) is 0 Å². The van der Waals surface area contributed by atoms with Crippen LogP contribution >= 0.6 is 0 Å². The summed E-state index contributed by atoms with van der Waals surface area (Å²) in [4.78, 5) is 8.52. The van der Waals surface area contributed by atoms with Crippen molar-refractivity contribution in [3.05, 3.63) is 60.9 Å². The number of para-hydroxylation sites is 1. The third-order valence-electron chi connectivity index (χ3n) is 5.56. The molecule has 1 aromatic heterocycles. The van der Waals surface area contributed by atoms with Crippen LogP contribution in [0.1, 0.15) is 12.8 Å². The topological polar surface area (TPSA) is 82.3 Å². The van der Waals surface area contributed by atoms with E-state index < -0.39 is 0 Å². The van der Waals surface area contributed by atoms with Gasteiger partial charge in [0.05, 0.1) is 5.56 Å². The van der Waals surface area contributed by atoms with Crippen molar-refractivity contribution >= 4 is 5.82 Å². The second-order valence-electron chi connectivity index (χ2n) is 7.63. The minimum Gasteiger partial charge on any atom is -0.474 e. The van der Waals surface area contributed by atoms with Crippen LogP contribution in [0.3, 0.4) is 0 Å². The minimum atomic E-state index is 0.191. The van der Waals surface area contributed by atoms with Gasteiger partial charge in [-0.25, -0.2) is 9.97 Å². The number of ether oxygens (including phenoxy) is 2. The Morgan fingerprint density at radius 1 is 0.929 bits per heavy atom. The van der Waals surface area contributed by atoms with E-state index in [1.807, 2.05) is 54.6 Å². The number of nitrogen functional groups attached to an aromatic ring is 1. The summed E-state index contributed by atoms with van der Waals surface area (Å²) in [6.45, 7) is 2.18. The maximum atomic E-state index is 6.18. The molecule has 1 saturated heterocycles. The van der Waals surface area contributed by atoms with Gasteiger partial charge >= 0.3 is 0 Å². The van der Waals surface area contributed by atoms with Gasteiger partial charge in [0.25, 0.3) is 0 Å². The lowest BCUT2D eigenvalue weighted by atomic mass is 9.63. The molecule has 1 aliphatic heterocycles. The zero-order valence-electron chi connectivity index (χ0n) is 15.5. The lowest BCUT2D eigenvalue weighted by Gasteiger charge is -2.53. The first kappa shape index (κ1) is 17.0. The molecule has 0 unspecified atom stereocenters. The molecule has 2 fully saturated rings. The Labute approximate surface area is 163 Å². The van der Waals surface area contributed by atoms with Crippen LogP contribution in [-0.2, 0) is 0 Å². The molecule has 6 nitrogen and oxygen atoms in total. The number of nitrogens with zero attached hydrogens (tertiary/aromatic N) is 2. The van der Waals surface area contributed by atoms with E-state index in [0.717, 1.165) is 48.6 Å². The normalized spacial score (nSPS) is 17.6. The van der Waals surface area contributed by atoms with Gasteiger partial charge in [0.2, 0.25) is 5.88 Å². The molecule has 2 aliphatic rings. The summed E-state index contributed by atoms with van der Waals surface area (Å²) < 4.78 is 12.0. The average molecular weight is 374 g/mol. The molecule has 28 heavy (non-hydrogen) atoms. The lowest BCUT2D eigenvalue weighted by Crippen LogP contribution is -2.62. The number of hydrogen-bond acceptors (Lipinski definition) is 6. The van der Waals surface area contributed by atoms with Gasteiger partial charge in [0, 0.05) is 18.5 Å². The zero-order valence-corrected chi connectivity index (χ0v) is 15.5. The highest BCUT2D eigenvalue weighted by atomic mass is 16.5. The van der Waals surface area contributed by atoms with Crippen LogP contribution < -0.4 is 20.5 Å². The van der Waals surface area contributed by atoms with Gasteiger partial charge in [-0.2, -0.15) is 0 Å². The summed E-state index contributed by atoms with van der Waals surface area (Å²) in [5.74, 6) is 2.52. The van der Waals surface area contributed by atoms with E-state index in [1.54, 1.807) is 0 Å². The summed E-state index contributed by atoms with van der Waals surface area (Å²) in [6, 6.07) is 17.4. The first-order valence-electron chi connectivity index (χ1n) is 9.52. The Kier molecular flexibility index (Phi) is 4.13. The third kappa shape index (κ3) is 3.16. The fourth-order valence-corrected chi connectivity index (χ4v) is 3.97. The van der Waals surface area contributed by atoms with Crippen LogP contribution in [0, 0.1) is 5.41 Å². The van der Waals surface area contributed by atoms with Gasteiger partial charge in [-0.05, 0) is 42.7 Å². The largest absolute Gasteiger partial charge is 0.474 e. The number of nitrogens with one attached hydrogen (secondary N) is 1. The number of anilines is 1. The molecule has 0 amide bonds. The molecular formula is C22H22N4O2. The van der Waals surface area contributed by atoms with E-state index in [2.05, 4.69) is 15.3 Å². The Morgan fingerprint density at radius 3 is 2.32 bits per heavy atom. The first-order valence-corrected chi connectivity index (χ1v) is 9.52. The molecule has 2 heterocycles. The predicted molar refractivity (Wildman–Crippen MR) is 107 cm³/mol. The molecule has 0 bridgehead atoms. The third-order valence-corrected chi connectivity index (χ3v) is 5.56. The van der Waals surface area contributed by atoms with Crippen molar-refractivity contribution < 1.29 is 9.47 Å². The molecule has 3 N–H and O–H groups in total. The maximum Gasteiger partial charge on any atom is 0.226 e. The van der Waals surface area contributed by atoms with Gasteiger partial charge in [-0.15, -0.1) is 0 Å². The molecule has 0 radical (unpaired) electrons. The summed E-state index contributed by atoms with van der Waals surface area (Å²) >= 11 is 0. The number of rotatable bonds is 5. The molecule has 6 heteroatoms. The van der Waals surface area contributed by atoms with Crippen molar-refractivity contribution in [3.8, 4) is 28.5 Å². The van der Waals surface area contributed by atoms with Gasteiger partial charge in [-0.1, -0.05) is 30.3 Å². The molecule has 142 valence electrons. The van der Waals surface area contributed by atoms with Gasteiger partial charge in [0.15, 0.2) is 0 Å². The predicted octanol–water partition coefficient (Wildman–Crippen LogP) is 3.65. The molecule has 1 saturated carbocycles. The zero-order chi connectivity index (χ0) is 19.0. The Morgan fingerprint density at radius 2 is 1.64 bits per heavy atom. The highest BCUT2D eigenvalue weighted by Crippen LogP contribution is 2.46. The second-order valence-corrected chi connectivity index (χ2v) is 7.63. The van der Waals surface area contributed by atoms with Crippen molar-refractivity contribution in [2.45, 2.75) is 18.9 Å². The Balaban J connectivity index is 1.35. The van der Waals surface area contributed by atoms with Crippen molar-refractivity contribution in [2.75, 3.05) is 18.8 Å². The van der Waals surface area contributed by atoms with Crippen LogP contribution in [0.15, 0.2) is 60.9 Å². The monoisotopic (exact) mass is 374 g/mol. The fourth-order valence-electron chi connectivity index (χ4n) is 3.97. The van der Waals surface area contributed by atoms with E-state index in [-0.39, 0.29) is 6.10 Å². The van der Waals surface area contributed by atoms with Crippen LogP contribution in [-0.4, -0.2) is 29.2 Å². The molecule has 3 aromatic rings. The van der Waals surface area contributed by atoms with Crippen LogP contribution in [0.2, 0.25) is 0 Å². The molecule has 2 aromatic carbocycles. The SMILES string of the molecule is Nc1ncnc(OC2CC3(CNC3)C2)c1-c1ccc(Oc2ccccc2)cc1. The number of benzene rings is 2. The van der Waals surface area contributed by atoms with E-state index in [4.69, 9.17) is 15.2 Å². The molecular weight excluding hydrogens is 352 g/mol. The summed E-state index contributed by atoms with van der Waals surface area (Å²) in [7, 11) is 0. The number of hydrogen-bond donors (Lipinski definition) is 2. The standard InChI is InChI=1S/C22H22N4O2/c23-20-19(15-6-8-17(9-7-15)27-16-4-2-1-3-5-16)21(26-14-25-20)28-18-10-22(11-18)12-24-13-22/h1-9,14,18,24H,10-13H2,(H2,23,25,26). The quantitative estimate of drug-likeness (QED) is 0.709. The van der Waals surface area contributed by atoms with Gasteiger partial charge in [-0.3, -0.25) is 0 Å². The van der Waals surface area contributed by atoms with Crippen LogP contribution in [0.5, 0.6) is 17.4 Å². The Hall–Kier alpha value is -3.12. The maximum absolute atomic E-state index is 6.18. The number of aromatic nitrogens is 2. The average Bonchev–Trinajstić information content (AvgIpc) is 2.65. The molecule has 5 rings (SSSR count). The summed E-state index contributed by atoms with van der Waals surface area (Å²) in [6.07, 6.45) is 3.77. The smallest absolute Gasteiger partial charge is 0.226 e. The van der Waals surface area contributed by atoms with E-state index in [0.29, 0.717) is 17.1 Å². The van der Waals surface area contributed by atoms with E-state index >= 15 is 0 Å². The van der Waals surface area contributed by atoms with Crippen molar-refractivity contribution in [2.24, 2.45) is 5.41 Å². The minimum absolute atomic E-state index is 0.191. The van der Waals surface area contributed by atoms with Crippen molar-refractivity contribution in [1.82, 2.24) is 15.3 Å². The molecule has 0 atom stereocenters. The lowest BCUT2D eigenvalue weighted by molar-refractivity contribution is -0.0510. The highest BCUT2D eigenvalue weighted by Gasteiger charge is 2.49. The van der Waals surface area contributed by atoms with Crippen molar-refractivity contribution in [3.63, 3.8) is 0 Å². The Bertz CT molecular complexity index is 964. The number of nitrogens with two attached hydrogens (primary N) is 1. The van der Waals surface area contributed by atoms with E-state index in [1.165, 1.54) is 6.33 Å². The fraction of sp³-hybridized carbons (Fsp3) is 0.273. The highest BCUT2D eigenvalue weighted by molar-refractivity contribution is 5.78. The van der Waals surface area contributed by atoms with E-state index in [9.17, 15) is 0 Å². The van der Waals surface area contributed by atoms with Crippen LogP contribution in [0.25, 0.3) is 11.1 Å². The summed E-state index contributed by atoms with van der Waals surface area (Å²) in [5.41, 5.74) is 8.26. The molecule has 1 spiro atoms. The van der Waals surface area contributed by atoms with Crippen LogP contribution in [0.4, 0.5) is 5.82 Å².